The number of anilines is 1. The van der Waals surface area contributed by atoms with Crippen LogP contribution in [0.25, 0.3) is 0 Å². The molecule has 3 N–H and O–H groups in total. The topological polar surface area (TPSA) is 55.1 Å². The summed E-state index contributed by atoms with van der Waals surface area (Å²) < 4.78 is 13.8. The largest absolute Gasteiger partial charge is 0.392 e. The third kappa shape index (κ3) is 3.86. The van der Waals surface area contributed by atoms with Gasteiger partial charge in [0.2, 0.25) is 5.91 Å². The van der Waals surface area contributed by atoms with Crippen LogP contribution in [0.2, 0.25) is 0 Å². The highest BCUT2D eigenvalue weighted by Crippen LogP contribution is 2.22. The molecule has 0 fully saturated rings. The molecule has 1 unspecified atom stereocenters. The molecular weight excluding hydrogens is 355 g/mol. The summed E-state index contributed by atoms with van der Waals surface area (Å²) in [6.45, 7) is 0. The summed E-state index contributed by atoms with van der Waals surface area (Å²) in [7, 11) is 0. The van der Waals surface area contributed by atoms with Crippen molar-refractivity contribution in [1.29, 1.82) is 0 Å². The van der Waals surface area contributed by atoms with E-state index in [4.69, 9.17) is 18.0 Å². The predicted molar refractivity (Wildman–Crippen MR) is 88.7 cm³/mol. The van der Waals surface area contributed by atoms with E-state index in [9.17, 15) is 9.18 Å². The Morgan fingerprint density at radius 3 is 2.48 bits per heavy atom. The lowest BCUT2D eigenvalue weighted by molar-refractivity contribution is -0.116. The maximum absolute atomic E-state index is 13.5. The fourth-order valence-electron chi connectivity index (χ4n) is 1.88. The van der Waals surface area contributed by atoms with Crippen molar-refractivity contribution in [1.82, 2.24) is 0 Å². The normalized spacial score (nSPS) is 11.7. The number of thiocarbonyl (C=S) groups is 1. The summed E-state index contributed by atoms with van der Waals surface area (Å²) in [4.78, 5) is 12.4. The summed E-state index contributed by atoms with van der Waals surface area (Å²) in [6, 6.07) is 13.3. The minimum absolute atomic E-state index is 0.0660. The fraction of sp³-hybridized carbons (Fsp3) is 0.0667. The van der Waals surface area contributed by atoms with Crippen LogP contribution >= 0.6 is 28.1 Å². The summed E-state index contributed by atoms with van der Waals surface area (Å²) in [5.41, 5.74) is 6.71. The first-order chi connectivity index (χ1) is 9.99. The van der Waals surface area contributed by atoms with Crippen molar-refractivity contribution in [3.8, 4) is 0 Å². The zero-order valence-corrected chi connectivity index (χ0v) is 13.2. The highest BCUT2D eigenvalue weighted by atomic mass is 79.9. The van der Waals surface area contributed by atoms with E-state index in [2.05, 4.69) is 21.2 Å². The molecule has 21 heavy (non-hydrogen) atoms. The Morgan fingerprint density at radius 1 is 1.24 bits per heavy atom. The molecule has 0 saturated carbocycles. The van der Waals surface area contributed by atoms with E-state index in [0.717, 1.165) is 0 Å². The molecule has 2 aromatic rings. The van der Waals surface area contributed by atoms with Gasteiger partial charge in [0, 0.05) is 5.69 Å². The monoisotopic (exact) mass is 366 g/mol. The highest BCUT2D eigenvalue weighted by Gasteiger charge is 2.23. The van der Waals surface area contributed by atoms with Crippen molar-refractivity contribution in [3.05, 3.63) is 64.4 Å². The molecule has 0 radical (unpaired) electrons. The molecule has 1 atom stereocenters. The van der Waals surface area contributed by atoms with Crippen LogP contribution in [-0.2, 0) is 4.79 Å². The molecular formula is C15H12BrFN2OS. The lowest BCUT2D eigenvalue weighted by atomic mass is 9.98. The van der Waals surface area contributed by atoms with Crippen LogP contribution in [0, 0.1) is 5.82 Å². The van der Waals surface area contributed by atoms with Gasteiger partial charge in [0.15, 0.2) is 0 Å². The maximum Gasteiger partial charge on any atom is 0.238 e. The first-order valence-corrected chi connectivity index (χ1v) is 7.29. The van der Waals surface area contributed by atoms with Gasteiger partial charge in [0.25, 0.3) is 0 Å². The summed E-state index contributed by atoms with van der Waals surface area (Å²) >= 11 is 8.03. The van der Waals surface area contributed by atoms with Crippen LogP contribution in [0.1, 0.15) is 11.5 Å². The minimum Gasteiger partial charge on any atom is -0.392 e. The van der Waals surface area contributed by atoms with E-state index in [1.807, 2.05) is 6.07 Å². The molecule has 0 aromatic heterocycles. The Labute approximate surface area is 135 Å². The van der Waals surface area contributed by atoms with Gasteiger partial charge in [0.1, 0.15) is 11.7 Å². The number of benzene rings is 2. The molecule has 0 aliphatic rings. The van der Waals surface area contributed by atoms with Gasteiger partial charge in [0.05, 0.1) is 9.46 Å². The van der Waals surface area contributed by atoms with Crippen LogP contribution in [0.4, 0.5) is 10.1 Å². The van der Waals surface area contributed by atoms with Gasteiger partial charge >= 0.3 is 0 Å². The fourth-order valence-corrected chi connectivity index (χ4v) is 2.37. The smallest absolute Gasteiger partial charge is 0.238 e. The van der Waals surface area contributed by atoms with Gasteiger partial charge in [-0.1, -0.05) is 42.5 Å². The standard InChI is InChI=1S/C15H12BrFN2OS/c16-11-7-6-10(8-12(11)17)19-15(20)13(14(18)21)9-4-2-1-3-5-9/h1-8,13H,(H2,18,21)(H,19,20). The highest BCUT2D eigenvalue weighted by molar-refractivity contribution is 9.10. The molecule has 6 heteroatoms. The number of hydrogen-bond donors (Lipinski definition) is 2. The first kappa shape index (κ1) is 15.6. The number of carbonyl (C=O) groups excluding carboxylic acids is 1. The van der Waals surface area contributed by atoms with Gasteiger partial charge in [-0.3, -0.25) is 4.79 Å². The van der Waals surface area contributed by atoms with Crippen molar-refractivity contribution >= 4 is 44.7 Å². The lowest BCUT2D eigenvalue weighted by Crippen LogP contribution is -2.31. The number of hydrogen-bond acceptors (Lipinski definition) is 2. The molecule has 0 spiro atoms. The molecule has 108 valence electrons. The van der Waals surface area contributed by atoms with Gasteiger partial charge in [-0.2, -0.15) is 0 Å². The molecule has 0 aliphatic carbocycles. The molecule has 0 heterocycles. The number of nitrogens with one attached hydrogen (secondary N) is 1. The Bertz CT molecular complexity index is 679. The first-order valence-electron chi connectivity index (χ1n) is 6.09. The Hall–Kier alpha value is -1.79. The zero-order valence-electron chi connectivity index (χ0n) is 10.8. The molecule has 2 aromatic carbocycles. The molecule has 2 rings (SSSR count). The summed E-state index contributed by atoms with van der Waals surface area (Å²) in [5.74, 6) is -1.61. The second-order valence-corrected chi connectivity index (χ2v) is 5.69. The third-order valence-electron chi connectivity index (χ3n) is 2.87. The number of rotatable bonds is 4. The summed E-state index contributed by atoms with van der Waals surface area (Å²) in [6.07, 6.45) is 0. The van der Waals surface area contributed by atoms with Crippen molar-refractivity contribution in [2.45, 2.75) is 5.92 Å². The molecule has 3 nitrogen and oxygen atoms in total. The number of carbonyl (C=O) groups is 1. The molecule has 0 aliphatic heterocycles. The predicted octanol–water partition coefficient (Wildman–Crippen LogP) is 3.60. The Morgan fingerprint density at radius 2 is 1.90 bits per heavy atom. The van der Waals surface area contributed by atoms with Crippen molar-refractivity contribution in [2.75, 3.05) is 5.32 Å². The quantitative estimate of drug-likeness (QED) is 0.812. The van der Waals surface area contributed by atoms with Crippen LogP contribution in [-0.4, -0.2) is 10.9 Å². The second kappa shape index (κ2) is 6.78. The van der Waals surface area contributed by atoms with Crippen molar-refractivity contribution in [2.24, 2.45) is 5.73 Å². The van der Waals surface area contributed by atoms with Crippen LogP contribution in [0.3, 0.4) is 0 Å². The number of halogens is 2. The number of nitrogens with two attached hydrogens (primary N) is 1. The van der Waals surface area contributed by atoms with Gasteiger partial charge in [-0.25, -0.2) is 4.39 Å². The Balaban J connectivity index is 2.24. The minimum atomic E-state index is -0.757. The van der Waals surface area contributed by atoms with Gasteiger partial charge < -0.3 is 11.1 Å². The number of amides is 1. The SMILES string of the molecule is NC(=S)C(C(=O)Nc1ccc(Br)c(F)c1)c1ccccc1. The average Bonchev–Trinajstić information content (AvgIpc) is 2.44. The summed E-state index contributed by atoms with van der Waals surface area (Å²) in [5, 5.41) is 2.62. The van der Waals surface area contributed by atoms with E-state index in [1.165, 1.54) is 12.1 Å². The van der Waals surface area contributed by atoms with Gasteiger partial charge in [-0.05, 0) is 39.7 Å². The van der Waals surface area contributed by atoms with Crippen LogP contribution < -0.4 is 11.1 Å². The van der Waals surface area contributed by atoms with E-state index in [0.29, 0.717) is 15.7 Å². The Kier molecular flexibility index (Phi) is 5.03. The lowest BCUT2D eigenvalue weighted by Gasteiger charge is -2.16. The molecule has 0 saturated heterocycles. The van der Waals surface area contributed by atoms with Crippen LogP contribution in [0.5, 0.6) is 0 Å². The molecule has 0 bridgehead atoms. The van der Waals surface area contributed by atoms with Crippen molar-refractivity contribution in [3.63, 3.8) is 0 Å². The second-order valence-electron chi connectivity index (χ2n) is 4.36. The maximum atomic E-state index is 13.5. The third-order valence-corrected chi connectivity index (χ3v) is 3.75. The van der Waals surface area contributed by atoms with E-state index in [1.54, 1.807) is 30.3 Å². The van der Waals surface area contributed by atoms with Crippen molar-refractivity contribution < 1.29 is 9.18 Å². The molecule has 1 amide bonds. The van der Waals surface area contributed by atoms with E-state index in [-0.39, 0.29) is 4.99 Å². The van der Waals surface area contributed by atoms with E-state index < -0.39 is 17.6 Å². The van der Waals surface area contributed by atoms with Gasteiger partial charge in [-0.15, -0.1) is 0 Å². The van der Waals surface area contributed by atoms with Crippen LogP contribution in [0.15, 0.2) is 53.0 Å². The van der Waals surface area contributed by atoms with E-state index >= 15 is 0 Å². The average molecular weight is 367 g/mol. The zero-order chi connectivity index (χ0) is 15.4.